The molecule has 0 fully saturated rings. The number of nitrogens with zero attached hydrogens (tertiary/aromatic N) is 1. The summed E-state index contributed by atoms with van der Waals surface area (Å²) in [6, 6.07) is 0. The zero-order valence-electron chi connectivity index (χ0n) is 7.52. The van der Waals surface area contributed by atoms with Crippen LogP contribution in [0.4, 0.5) is 0 Å². The van der Waals surface area contributed by atoms with Crippen LogP contribution in [0, 0.1) is 0 Å². The average Bonchev–Trinajstić information content (AvgIpc) is 2.03. The molecule has 0 bridgehead atoms. The van der Waals surface area contributed by atoms with Gasteiger partial charge in [-0.15, -0.1) is 18.3 Å². The average molecular weight is 203 g/mol. The maximum Gasteiger partial charge on any atom is 0.323 e. The normalized spacial score (nSPS) is 9.31. The summed E-state index contributed by atoms with van der Waals surface area (Å²) >= 11 is 1.41. The van der Waals surface area contributed by atoms with E-state index in [1.165, 1.54) is 23.7 Å². The number of amides is 1. The summed E-state index contributed by atoms with van der Waals surface area (Å²) in [5, 5.41) is 8.39. The predicted molar refractivity (Wildman–Crippen MR) is 52.8 cm³/mol. The summed E-state index contributed by atoms with van der Waals surface area (Å²) in [6.45, 7) is 3.27. The second-order valence-corrected chi connectivity index (χ2v) is 3.48. The molecular weight excluding hydrogens is 190 g/mol. The van der Waals surface area contributed by atoms with Crippen LogP contribution < -0.4 is 0 Å². The number of carboxylic acids is 1. The first-order valence-electron chi connectivity index (χ1n) is 3.72. The number of likely N-dealkylation sites (N-methyl/N-ethyl adjacent to an activating group) is 1. The third kappa shape index (κ3) is 6.21. The molecule has 0 aromatic heterocycles. The van der Waals surface area contributed by atoms with Crippen molar-refractivity contribution in [2.45, 2.75) is 0 Å². The molecule has 0 aliphatic heterocycles. The molecule has 0 rings (SSSR count). The Kier molecular flexibility index (Phi) is 6.05. The van der Waals surface area contributed by atoms with Gasteiger partial charge in [-0.25, -0.2) is 0 Å². The summed E-state index contributed by atoms with van der Waals surface area (Å²) < 4.78 is 0. The van der Waals surface area contributed by atoms with E-state index < -0.39 is 5.97 Å². The topological polar surface area (TPSA) is 57.6 Å². The summed E-state index contributed by atoms with van der Waals surface area (Å²) in [5.74, 6) is -0.165. The summed E-state index contributed by atoms with van der Waals surface area (Å²) in [6.07, 6.45) is 1.70. The van der Waals surface area contributed by atoms with Crippen LogP contribution in [0.15, 0.2) is 12.7 Å². The van der Waals surface area contributed by atoms with E-state index in [9.17, 15) is 9.59 Å². The molecule has 0 aromatic carbocycles. The third-order valence-electron chi connectivity index (χ3n) is 1.26. The van der Waals surface area contributed by atoms with Crippen LogP contribution in [0.5, 0.6) is 0 Å². The molecule has 13 heavy (non-hydrogen) atoms. The van der Waals surface area contributed by atoms with Crippen molar-refractivity contribution in [3.8, 4) is 0 Å². The zero-order chi connectivity index (χ0) is 10.3. The van der Waals surface area contributed by atoms with E-state index in [-0.39, 0.29) is 12.5 Å². The fraction of sp³-hybridized carbons (Fsp3) is 0.500. The van der Waals surface area contributed by atoms with Gasteiger partial charge in [0.25, 0.3) is 0 Å². The number of thioether (sulfide) groups is 1. The molecule has 0 unspecified atom stereocenters. The maximum absolute atomic E-state index is 11.2. The van der Waals surface area contributed by atoms with Crippen molar-refractivity contribution in [3.63, 3.8) is 0 Å². The minimum atomic E-state index is -0.996. The molecule has 0 heterocycles. The van der Waals surface area contributed by atoms with Crippen LogP contribution in [-0.2, 0) is 9.59 Å². The molecule has 0 saturated heterocycles. The van der Waals surface area contributed by atoms with Crippen molar-refractivity contribution in [2.24, 2.45) is 0 Å². The van der Waals surface area contributed by atoms with Gasteiger partial charge in [-0.05, 0) is 0 Å². The summed E-state index contributed by atoms with van der Waals surface area (Å²) in [4.78, 5) is 22.6. The molecular formula is C8H13NO3S. The number of hydrogen-bond donors (Lipinski definition) is 1. The van der Waals surface area contributed by atoms with E-state index in [1.807, 2.05) is 0 Å². The lowest BCUT2D eigenvalue weighted by molar-refractivity contribution is -0.142. The van der Waals surface area contributed by atoms with E-state index in [4.69, 9.17) is 5.11 Å². The molecule has 0 aliphatic carbocycles. The monoisotopic (exact) mass is 203 g/mol. The highest BCUT2D eigenvalue weighted by molar-refractivity contribution is 8.00. The number of hydrogen-bond acceptors (Lipinski definition) is 3. The van der Waals surface area contributed by atoms with Crippen molar-refractivity contribution in [1.29, 1.82) is 0 Å². The largest absolute Gasteiger partial charge is 0.480 e. The van der Waals surface area contributed by atoms with E-state index in [2.05, 4.69) is 6.58 Å². The van der Waals surface area contributed by atoms with Crippen LogP contribution in [0.1, 0.15) is 0 Å². The van der Waals surface area contributed by atoms with Gasteiger partial charge in [0.05, 0.1) is 5.75 Å². The Hall–Kier alpha value is -0.970. The van der Waals surface area contributed by atoms with Gasteiger partial charge in [-0.2, -0.15) is 0 Å². The minimum Gasteiger partial charge on any atom is -0.480 e. The quantitative estimate of drug-likeness (QED) is 0.503. The molecule has 1 N–H and O–H groups in total. The molecule has 1 amide bonds. The molecule has 0 aliphatic rings. The lowest BCUT2D eigenvalue weighted by Gasteiger charge is -2.13. The predicted octanol–water partition coefficient (Wildman–Crippen LogP) is 0.449. The number of rotatable bonds is 6. The smallest absolute Gasteiger partial charge is 0.323 e. The maximum atomic E-state index is 11.2. The lowest BCUT2D eigenvalue weighted by atomic mass is 10.5. The Bertz CT molecular complexity index is 206. The second kappa shape index (κ2) is 6.54. The van der Waals surface area contributed by atoms with Gasteiger partial charge in [-0.1, -0.05) is 6.08 Å². The molecule has 5 heteroatoms. The Balaban J connectivity index is 3.69. The van der Waals surface area contributed by atoms with Crippen molar-refractivity contribution in [1.82, 2.24) is 4.90 Å². The van der Waals surface area contributed by atoms with Crippen LogP contribution >= 0.6 is 11.8 Å². The molecule has 0 saturated carbocycles. The van der Waals surface area contributed by atoms with E-state index in [0.717, 1.165) is 0 Å². The van der Waals surface area contributed by atoms with Crippen molar-refractivity contribution in [3.05, 3.63) is 12.7 Å². The Morgan fingerprint density at radius 2 is 2.23 bits per heavy atom. The molecule has 0 atom stereocenters. The van der Waals surface area contributed by atoms with Gasteiger partial charge in [0, 0.05) is 12.8 Å². The van der Waals surface area contributed by atoms with E-state index in [1.54, 1.807) is 6.08 Å². The standard InChI is InChI=1S/C8H13NO3S/c1-3-4-13-6-7(10)9(2)5-8(11)12/h3H,1,4-6H2,2H3,(H,11,12). The fourth-order valence-corrected chi connectivity index (χ4v) is 1.31. The number of carbonyl (C=O) groups excluding carboxylic acids is 1. The number of carbonyl (C=O) groups is 2. The molecule has 74 valence electrons. The van der Waals surface area contributed by atoms with Gasteiger partial charge < -0.3 is 10.0 Å². The Morgan fingerprint density at radius 3 is 2.69 bits per heavy atom. The minimum absolute atomic E-state index is 0.172. The van der Waals surface area contributed by atoms with Crippen molar-refractivity contribution in [2.75, 3.05) is 25.1 Å². The highest BCUT2D eigenvalue weighted by Crippen LogP contribution is 2.01. The number of carboxylic acid groups (broad SMARTS) is 1. The van der Waals surface area contributed by atoms with Crippen molar-refractivity contribution >= 4 is 23.6 Å². The summed E-state index contributed by atoms with van der Waals surface area (Å²) in [5.41, 5.74) is 0. The van der Waals surface area contributed by atoms with Crippen LogP contribution in [0.3, 0.4) is 0 Å². The van der Waals surface area contributed by atoms with E-state index >= 15 is 0 Å². The summed E-state index contributed by atoms with van der Waals surface area (Å²) in [7, 11) is 1.48. The first-order valence-corrected chi connectivity index (χ1v) is 4.87. The van der Waals surface area contributed by atoms with Gasteiger partial charge in [0.15, 0.2) is 0 Å². The SMILES string of the molecule is C=CCSCC(=O)N(C)CC(=O)O. The molecule has 4 nitrogen and oxygen atoms in total. The van der Waals surface area contributed by atoms with E-state index in [0.29, 0.717) is 11.5 Å². The number of aliphatic carboxylic acids is 1. The zero-order valence-corrected chi connectivity index (χ0v) is 8.34. The van der Waals surface area contributed by atoms with Gasteiger partial charge >= 0.3 is 5.97 Å². The highest BCUT2D eigenvalue weighted by Gasteiger charge is 2.10. The van der Waals surface area contributed by atoms with Gasteiger partial charge in [-0.3, -0.25) is 9.59 Å². The Morgan fingerprint density at radius 1 is 1.62 bits per heavy atom. The third-order valence-corrected chi connectivity index (χ3v) is 2.18. The Labute approximate surface area is 81.6 Å². The van der Waals surface area contributed by atoms with Crippen LogP contribution in [0.2, 0.25) is 0 Å². The van der Waals surface area contributed by atoms with Crippen LogP contribution in [0.25, 0.3) is 0 Å². The second-order valence-electron chi connectivity index (χ2n) is 2.45. The highest BCUT2D eigenvalue weighted by atomic mass is 32.2. The molecule has 0 spiro atoms. The fourth-order valence-electron chi connectivity index (χ4n) is 0.631. The van der Waals surface area contributed by atoms with Gasteiger partial charge in [0.2, 0.25) is 5.91 Å². The lowest BCUT2D eigenvalue weighted by Crippen LogP contribution is -2.33. The first kappa shape index (κ1) is 12.0. The molecule has 0 radical (unpaired) electrons. The van der Waals surface area contributed by atoms with Gasteiger partial charge in [0.1, 0.15) is 6.54 Å². The van der Waals surface area contributed by atoms with Crippen LogP contribution in [-0.4, -0.2) is 47.0 Å². The molecule has 0 aromatic rings. The first-order chi connectivity index (χ1) is 6.07. The van der Waals surface area contributed by atoms with Crippen molar-refractivity contribution < 1.29 is 14.7 Å².